The van der Waals surface area contributed by atoms with Crippen LogP contribution < -0.4 is 10.9 Å². The van der Waals surface area contributed by atoms with Crippen LogP contribution in [0.15, 0.2) is 11.0 Å². The summed E-state index contributed by atoms with van der Waals surface area (Å²) in [5.41, 5.74) is 0.0864. The van der Waals surface area contributed by atoms with Crippen molar-refractivity contribution in [3.05, 3.63) is 21.6 Å². The molecule has 7 nitrogen and oxygen atoms in total. The molecule has 0 spiro atoms. The smallest absolute Gasteiger partial charge is 0.305 e. The van der Waals surface area contributed by atoms with Crippen LogP contribution in [-0.4, -0.2) is 42.6 Å². The van der Waals surface area contributed by atoms with E-state index in [0.717, 1.165) is 0 Å². The van der Waals surface area contributed by atoms with Gasteiger partial charge in [-0.2, -0.15) is 5.10 Å². The fraction of sp³-hybridized carbons (Fsp3) is 0.615. The third-order valence-corrected chi connectivity index (χ3v) is 3.04. The molecule has 0 atom stereocenters. The average Bonchev–Trinajstić information content (AvgIpc) is 2.47. The van der Waals surface area contributed by atoms with Crippen molar-refractivity contribution in [2.75, 3.05) is 32.2 Å². The summed E-state index contributed by atoms with van der Waals surface area (Å²) in [6, 6.07) is 0. The number of nitrogens with zero attached hydrogens (tertiary/aromatic N) is 2. The summed E-state index contributed by atoms with van der Waals surface area (Å²) >= 11 is 6.00. The molecule has 8 heteroatoms. The Balaban J connectivity index is 2.51. The van der Waals surface area contributed by atoms with E-state index in [4.69, 9.17) is 21.1 Å². The number of hydrogen-bond donors (Lipinski definition) is 1. The average molecular weight is 318 g/mol. The number of hydrogen-bond acceptors (Lipinski definition) is 6. The molecule has 0 aliphatic rings. The number of nitrogens with one attached hydrogen (secondary N) is 1. The maximum absolute atomic E-state index is 11.9. The Hall–Kier alpha value is -1.60. The van der Waals surface area contributed by atoms with Crippen molar-refractivity contribution in [2.24, 2.45) is 0 Å². The maximum atomic E-state index is 11.9. The summed E-state index contributed by atoms with van der Waals surface area (Å²) in [6.45, 7) is 3.37. The maximum Gasteiger partial charge on any atom is 0.305 e. The molecule has 0 radical (unpaired) electrons. The van der Waals surface area contributed by atoms with Gasteiger partial charge in [0.15, 0.2) is 0 Å². The first-order valence-electron chi connectivity index (χ1n) is 6.74. The summed E-state index contributed by atoms with van der Waals surface area (Å²) in [4.78, 5) is 23.1. The fourth-order valence-corrected chi connectivity index (χ4v) is 1.83. The Morgan fingerprint density at radius 1 is 1.52 bits per heavy atom. The third kappa shape index (κ3) is 5.73. The molecule has 0 saturated carbocycles. The van der Waals surface area contributed by atoms with Gasteiger partial charge in [-0.05, 0) is 13.3 Å². The van der Waals surface area contributed by atoms with Gasteiger partial charge >= 0.3 is 5.97 Å². The molecule has 0 unspecified atom stereocenters. The topological polar surface area (TPSA) is 82.4 Å². The van der Waals surface area contributed by atoms with Crippen molar-refractivity contribution in [2.45, 2.75) is 26.3 Å². The number of rotatable bonds is 9. The van der Waals surface area contributed by atoms with E-state index in [0.29, 0.717) is 44.8 Å². The normalized spacial score (nSPS) is 10.4. The molecule has 1 rings (SSSR count). The van der Waals surface area contributed by atoms with Crippen LogP contribution in [0.25, 0.3) is 0 Å². The van der Waals surface area contributed by atoms with E-state index in [1.165, 1.54) is 10.9 Å². The lowest BCUT2D eigenvalue weighted by atomic mass is 10.3. The second-order valence-electron chi connectivity index (χ2n) is 4.23. The molecule has 0 fully saturated rings. The Morgan fingerprint density at radius 2 is 2.29 bits per heavy atom. The fourth-order valence-electron chi connectivity index (χ4n) is 1.61. The van der Waals surface area contributed by atoms with Crippen LogP contribution >= 0.6 is 11.6 Å². The zero-order valence-electron chi connectivity index (χ0n) is 12.2. The lowest BCUT2D eigenvalue weighted by Crippen LogP contribution is -2.26. The molecular formula is C13H20ClN3O4. The highest BCUT2D eigenvalue weighted by Crippen LogP contribution is 2.15. The molecule has 1 heterocycles. The predicted octanol–water partition coefficient (Wildman–Crippen LogP) is 1.30. The molecule has 1 aromatic rings. The first-order chi connectivity index (χ1) is 10.1. The molecule has 0 aliphatic carbocycles. The summed E-state index contributed by atoms with van der Waals surface area (Å²) in [6.07, 6.45) is 2.39. The lowest BCUT2D eigenvalue weighted by molar-refractivity contribution is -0.143. The number of carbonyl (C=O) groups is 1. The molecule has 1 aromatic heterocycles. The van der Waals surface area contributed by atoms with E-state index >= 15 is 0 Å². The van der Waals surface area contributed by atoms with E-state index < -0.39 is 0 Å². The van der Waals surface area contributed by atoms with Crippen molar-refractivity contribution >= 4 is 23.3 Å². The highest BCUT2D eigenvalue weighted by molar-refractivity contribution is 6.32. The SMILES string of the molecule is CCOC(=O)CCCNc1cnn(CCOC)c(=O)c1Cl. The van der Waals surface area contributed by atoms with Gasteiger partial charge in [0.2, 0.25) is 0 Å². The van der Waals surface area contributed by atoms with Crippen LogP contribution in [0.4, 0.5) is 5.69 Å². The summed E-state index contributed by atoms with van der Waals surface area (Å²) in [7, 11) is 1.55. The quantitative estimate of drug-likeness (QED) is 0.546. The van der Waals surface area contributed by atoms with Gasteiger partial charge < -0.3 is 14.8 Å². The van der Waals surface area contributed by atoms with E-state index in [2.05, 4.69) is 10.4 Å². The molecular weight excluding hydrogens is 298 g/mol. The molecule has 0 aromatic carbocycles. The number of ether oxygens (including phenoxy) is 2. The van der Waals surface area contributed by atoms with Crippen LogP contribution in [-0.2, 0) is 20.8 Å². The van der Waals surface area contributed by atoms with Gasteiger partial charge in [-0.3, -0.25) is 9.59 Å². The monoisotopic (exact) mass is 317 g/mol. The Labute approximate surface area is 128 Å². The Bertz CT molecular complexity index is 519. The number of aromatic nitrogens is 2. The molecule has 1 N–H and O–H groups in total. The van der Waals surface area contributed by atoms with Gasteiger partial charge in [-0.15, -0.1) is 0 Å². The second-order valence-corrected chi connectivity index (χ2v) is 4.61. The predicted molar refractivity (Wildman–Crippen MR) is 79.7 cm³/mol. The molecule has 0 aliphatic heterocycles. The van der Waals surface area contributed by atoms with Gasteiger partial charge in [0.05, 0.1) is 31.6 Å². The first kappa shape index (κ1) is 17.5. The van der Waals surface area contributed by atoms with Gasteiger partial charge in [-0.1, -0.05) is 11.6 Å². The minimum absolute atomic E-state index is 0.0808. The van der Waals surface area contributed by atoms with Crippen molar-refractivity contribution in [3.63, 3.8) is 0 Å². The minimum atomic E-state index is -0.371. The van der Waals surface area contributed by atoms with Gasteiger partial charge in [0, 0.05) is 20.1 Å². The Morgan fingerprint density at radius 3 is 2.95 bits per heavy atom. The van der Waals surface area contributed by atoms with Crippen molar-refractivity contribution in [3.8, 4) is 0 Å². The molecule has 0 amide bonds. The van der Waals surface area contributed by atoms with Crippen LogP contribution in [0, 0.1) is 0 Å². The van der Waals surface area contributed by atoms with E-state index in [1.807, 2.05) is 0 Å². The number of anilines is 1. The minimum Gasteiger partial charge on any atom is -0.466 e. The number of esters is 1. The summed E-state index contributed by atoms with van der Waals surface area (Å²) < 4.78 is 11.0. The van der Waals surface area contributed by atoms with E-state index in [-0.39, 0.29) is 16.6 Å². The zero-order valence-corrected chi connectivity index (χ0v) is 13.0. The van der Waals surface area contributed by atoms with E-state index in [1.54, 1.807) is 14.0 Å². The molecule has 0 saturated heterocycles. The summed E-state index contributed by atoms with van der Waals surface area (Å²) in [5.74, 6) is -0.237. The van der Waals surface area contributed by atoms with Crippen LogP contribution in [0.5, 0.6) is 0 Å². The first-order valence-corrected chi connectivity index (χ1v) is 7.12. The largest absolute Gasteiger partial charge is 0.466 e. The van der Waals surface area contributed by atoms with Gasteiger partial charge in [0.25, 0.3) is 5.56 Å². The lowest BCUT2D eigenvalue weighted by Gasteiger charge is -2.10. The van der Waals surface area contributed by atoms with Crippen LogP contribution in [0.2, 0.25) is 5.02 Å². The van der Waals surface area contributed by atoms with E-state index in [9.17, 15) is 9.59 Å². The highest BCUT2D eigenvalue weighted by atomic mass is 35.5. The summed E-state index contributed by atoms with van der Waals surface area (Å²) in [5, 5.41) is 7.07. The molecule has 21 heavy (non-hydrogen) atoms. The standard InChI is InChI=1S/C13H20ClN3O4/c1-3-21-11(18)5-4-6-15-10-9-16-17(7-8-20-2)13(19)12(10)14/h9,15H,3-8H2,1-2H3. The van der Waals surface area contributed by atoms with Crippen LogP contribution in [0.3, 0.4) is 0 Å². The number of carbonyl (C=O) groups excluding carboxylic acids is 1. The third-order valence-electron chi connectivity index (χ3n) is 2.67. The van der Waals surface area contributed by atoms with Crippen molar-refractivity contribution < 1.29 is 14.3 Å². The van der Waals surface area contributed by atoms with Gasteiger partial charge in [0.1, 0.15) is 5.02 Å². The molecule has 0 bridgehead atoms. The number of halogens is 1. The highest BCUT2D eigenvalue weighted by Gasteiger charge is 2.09. The Kier molecular flexibility index (Phi) is 7.78. The number of methoxy groups -OCH3 is 1. The van der Waals surface area contributed by atoms with Crippen molar-refractivity contribution in [1.29, 1.82) is 0 Å². The second kappa shape index (κ2) is 9.36. The molecule has 118 valence electrons. The van der Waals surface area contributed by atoms with Crippen molar-refractivity contribution in [1.82, 2.24) is 9.78 Å². The van der Waals surface area contributed by atoms with Gasteiger partial charge in [-0.25, -0.2) is 4.68 Å². The van der Waals surface area contributed by atoms with Crippen LogP contribution in [0.1, 0.15) is 19.8 Å². The zero-order chi connectivity index (χ0) is 15.7.